The Balaban J connectivity index is 1.02. The normalized spacial score (nSPS) is 27.9. The number of carbonyl (C=O) groups excluding carboxylic acids is 3. The molecule has 10 heteroatoms. The van der Waals surface area contributed by atoms with E-state index in [1.165, 1.54) is 0 Å². The highest BCUT2D eigenvalue weighted by atomic mass is 16.6. The third-order valence-electron chi connectivity index (χ3n) is 8.08. The number of fused-ring (bicyclic) bond motifs is 5. The molecule has 188 valence electrons. The number of anilines is 1. The molecule has 4 saturated heterocycles. The summed E-state index contributed by atoms with van der Waals surface area (Å²) < 4.78 is 11.1. The molecule has 35 heavy (non-hydrogen) atoms. The van der Waals surface area contributed by atoms with Crippen molar-refractivity contribution in [3.63, 3.8) is 0 Å². The SMILES string of the molecule is O=C(Nc1ccc2c(c1)OCCO2)N1CCN(C(=O)N2C[C@H]3C[C@H](C2)[C@H]2CCCC(=O)N2C3)CC1. The van der Waals surface area contributed by atoms with E-state index in [1.54, 1.807) is 23.1 Å². The summed E-state index contributed by atoms with van der Waals surface area (Å²) in [4.78, 5) is 46.2. The summed E-state index contributed by atoms with van der Waals surface area (Å²) >= 11 is 0. The van der Waals surface area contributed by atoms with Crippen LogP contribution in [0.25, 0.3) is 0 Å². The van der Waals surface area contributed by atoms with Crippen LogP contribution in [0.2, 0.25) is 0 Å². The van der Waals surface area contributed by atoms with Gasteiger partial charge in [-0.2, -0.15) is 0 Å². The zero-order valence-electron chi connectivity index (χ0n) is 20.0. The number of amides is 5. The molecule has 2 bridgehead atoms. The molecule has 0 unspecified atom stereocenters. The molecule has 0 saturated carbocycles. The van der Waals surface area contributed by atoms with Crippen LogP contribution in [0.15, 0.2) is 18.2 Å². The topological polar surface area (TPSA) is 94.7 Å². The molecule has 5 amide bonds. The zero-order valence-corrected chi connectivity index (χ0v) is 20.0. The summed E-state index contributed by atoms with van der Waals surface area (Å²) in [6.45, 7) is 5.29. The number of hydrogen-bond acceptors (Lipinski definition) is 5. The predicted octanol–water partition coefficient (Wildman–Crippen LogP) is 2.06. The van der Waals surface area contributed by atoms with E-state index in [2.05, 4.69) is 10.2 Å². The van der Waals surface area contributed by atoms with Crippen molar-refractivity contribution in [1.82, 2.24) is 19.6 Å². The lowest BCUT2D eigenvalue weighted by atomic mass is 9.76. The fourth-order valence-corrected chi connectivity index (χ4v) is 6.39. The van der Waals surface area contributed by atoms with Gasteiger partial charge >= 0.3 is 12.1 Å². The van der Waals surface area contributed by atoms with Crippen LogP contribution in [-0.4, -0.2) is 103 Å². The molecule has 10 nitrogen and oxygen atoms in total. The van der Waals surface area contributed by atoms with E-state index in [1.807, 2.05) is 9.80 Å². The monoisotopic (exact) mass is 483 g/mol. The van der Waals surface area contributed by atoms with E-state index in [0.717, 1.165) is 38.9 Å². The highest BCUT2D eigenvalue weighted by Crippen LogP contribution is 2.38. The molecular weight excluding hydrogens is 450 g/mol. The van der Waals surface area contributed by atoms with Crippen molar-refractivity contribution in [2.75, 3.05) is 64.3 Å². The van der Waals surface area contributed by atoms with Crippen LogP contribution in [0.5, 0.6) is 11.5 Å². The number of benzene rings is 1. The van der Waals surface area contributed by atoms with Crippen LogP contribution in [-0.2, 0) is 4.79 Å². The maximum atomic E-state index is 13.3. The Bertz CT molecular complexity index is 1010. The van der Waals surface area contributed by atoms with Gasteiger partial charge in [0, 0.05) is 70.0 Å². The number of carbonyl (C=O) groups is 3. The Morgan fingerprint density at radius 2 is 1.69 bits per heavy atom. The molecule has 0 aromatic heterocycles. The van der Waals surface area contributed by atoms with E-state index < -0.39 is 0 Å². The van der Waals surface area contributed by atoms with Gasteiger partial charge in [-0.25, -0.2) is 9.59 Å². The van der Waals surface area contributed by atoms with Gasteiger partial charge < -0.3 is 34.4 Å². The number of ether oxygens (including phenoxy) is 2. The van der Waals surface area contributed by atoms with E-state index in [0.29, 0.717) is 86.8 Å². The van der Waals surface area contributed by atoms with E-state index >= 15 is 0 Å². The average molecular weight is 484 g/mol. The highest BCUT2D eigenvalue weighted by molar-refractivity contribution is 5.90. The third kappa shape index (κ3) is 4.34. The van der Waals surface area contributed by atoms with Gasteiger partial charge in [-0.1, -0.05) is 0 Å². The molecule has 5 aliphatic rings. The van der Waals surface area contributed by atoms with Crippen molar-refractivity contribution in [3.8, 4) is 11.5 Å². The van der Waals surface area contributed by atoms with Gasteiger partial charge in [0.05, 0.1) is 0 Å². The lowest BCUT2D eigenvalue weighted by molar-refractivity contribution is -0.144. The molecule has 0 radical (unpaired) electrons. The molecule has 0 spiro atoms. The minimum Gasteiger partial charge on any atom is -0.486 e. The second-order valence-corrected chi connectivity index (χ2v) is 10.3. The van der Waals surface area contributed by atoms with Crippen molar-refractivity contribution < 1.29 is 23.9 Å². The minimum atomic E-state index is -0.177. The molecule has 1 N–H and O–H groups in total. The van der Waals surface area contributed by atoms with Crippen molar-refractivity contribution in [3.05, 3.63) is 18.2 Å². The fourth-order valence-electron chi connectivity index (χ4n) is 6.39. The molecule has 5 aliphatic heterocycles. The summed E-state index contributed by atoms with van der Waals surface area (Å²) in [6, 6.07) is 5.58. The largest absolute Gasteiger partial charge is 0.486 e. The Hall–Kier alpha value is -3.17. The van der Waals surface area contributed by atoms with Crippen LogP contribution in [0.1, 0.15) is 25.7 Å². The van der Waals surface area contributed by atoms with Crippen LogP contribution < -0.4 is 14.8 Å². The van der Waals surface area contributed by atoms with Crippen molar-refractivity contribution in [2.45, 2.75) is 31.7 Å². The number of likely N-dealkylation sites (tertiary alicyclic amines) is 1. The van der Waals surface area contributed by atoms with E-state index in [9.17, 15) is 14.4 Å². The third-order valence-corrected chi connectivity index (χ3v) is 8.08. The predicted molar refractivity (Wildman–Crippen MR) is 128 cm³/mol. The number of piperidine rings is 3. The zero-order chi connectivity index (χ0) is 23.9. The Morgan fingerprint density at radius 1 is 0.914 bits per heavy atom. The van der Waals surface area contributed by atoms with E-state index in [4.69, 9.17) is 9.47 Å². The van der Waals surface area contributed by atoms with Gasteiger partial charge in [-0.3, -0.25) is 4.79 Å². The minimum absolute atomic E-state index is 0.0715. The Morgan fingerprint density at radius 3 is 2.51 bits per heavy atom. The summed E-state index contributed by atoms with van der Waals surface area (Å²) in [5.41, 5.74) is 0.660. The van der Waals surface area contributed by atoms with Gasteiger partial charge in [0.1, 0.15) is 13.2 Å². The summed E-state index contributed by atoms with van der Waals surface area (Å²) in [5.74, 6) is 2.37. The molecule has 6 rings (SSSR count). The Labute approximate surface area is 205 Å². The fraction of sp³-hybridized carbons (Fsp3) is 0.640. The number of nitrogens with one attached hydrogen (secondary N) is 1. The first-order valence-electron chi connectivity index (χ1n) is 12.8. The standard InChI is InChI=1S/C25H33N5O5/c31-23-3-1-2-20-18-12-17(15-30(20)23)14-29(16-18)25(33)28-8-6-27(7-9-28)24(32)26-19-4-5-21-22(13-19)35-11-10-34-21/h4-5,13,17-18,20H,1-3,6-12,14-16H2,(H,26,32)/t17-,18-,20-/m1/s1. The van der Waals surface area contributed by atoms with Gasteiger partial charge in [0.15, 0.2) is 11.5 Å². The van der Waals surface area contributed by atoms with Crippen LogP contribution >= 0.6 is 0 Å². The molecule has 0 aliphatic carbocycles. The molecule has 4 fully saturated rings. The lowest BCUT2D eigenvalue weighted by Gasteiger charge is -2.53. The average Bonchev–Trinajstić information content (AvgIpc) is 2.89. The van der Waals surface area contributed by atoms with E-state index in [-0.39, 0.29) is 12.1 Å². The van der Waals surface area contributed by atoms with Gasteiger partial charge in [0.25, 0.3) is 0 Å². The first kappa shape index (κ1) is 22.3. The number of hydrogen-bond donors (Lipinski definition) is 1. The summed E-state index contributed by atoms with van der Waals surface area (Å²) in [7, 11) is 0. The molecule has 5 heterocycles. The molecular formula is C25H33N5O5. The number of urea groups is 2. The van der Waals surface area contributed by atoms with Gasteiger partial charge in [-0.05, 0) is 43.2 Å². The van der Waals surface area contributed by atoms with Crippen molar-refractivity contribution in [2.24, 2.45) is 11.8 Å². The van der Waals surface area contributed by atoms with Crippen LogP contribution in [0.4, 0.5) is 15.3 Å². The number of rotatable bonds is 1. The maximum absolute atomic E-state index is 13.3. The van der Waals surface area contributed by atoms with Crippen LogP contribution in [0.3, 0.4) is 0 Å². The first-order chi connectivity index (χ1) is 17.0. The molecule has 1 aromatic rings. The summed E-state index contributed by atoms with van der Waals surface area (Å²) in [6.07, 6.45) is 3.81. The maximum Gasteiger partial charge on any atom is 0.321 e. The quantitative estimate of drug-likeness (QED) is 0.660. The second-order valence-electron chi connectivity index (χ2n) is 10.3. The second kappa shape index (κ2) is 9.13. The number of piperazine rings is 1. The first-order valence-corrected chi connectivity index (χ1v) is 12.8. The summed E-state index contributed by atoms with van der Waals surface area (Å²) in [5, 5.41) is 2.93. The smallest absolute Gasteiger partial charge is 0.321 e. The van der Waals surface area contributed by atoms with Gasteiger partial charge in [-0.15, -0.1) is 0 Å². The Kier molecular flexibility index (Phi) is 5.82. The molecule has 3 atom stereocenters. The van der Waals surface area contributed by atoms with Crippen molar-refractivity contribution in [1.29, 1.82) is 0 Å². The molecule has 1 aromatic carbocycles. The highest BCUT2D eigenvalue weighted by Gasteiger charge is 2.45. The van der Waals surface area contributed by atoms with Crippen molar-refractivity contribution >= 4 is 23.7 Å². The van der Waals surface area contributed by atoms with Crippen LogP contribution in [0, 0.1) is 11.8 Å². The number of nitrogens with zero attached hydrogens (tertiary/aromatic N) is 4. The van der Waals surface area contributed by atoms with Gasteiger partial charge in [0.2, 0.25) is 5.91 Å². The lowest BCUT2D eigenvalue weighted by Crippen LogP contribution is -2.63.